The zero-order valence-electron chi connectivity index (χ0n) is 16.4. The van der Waals surface area contributed by atoms with Gasteiger partial charge in [-0.2, -0.15) is 0 Å². The van der Waals surface area contributed by atoms with Crippen molar-refractivity contribution < 1.29 is 13.9 Å². The highest BCUT2D eigenvalue weighted by Crippen LogP contribution is 2.21. The molecular weight excluding hydrogens is 319 g/mol. The molecule has 4 nitrogen and oxygen atoms in total. The number of alkyl carbamates (subject to hydrolysis) is 1. The highest BCUT2D eigenvalue weighted by Gasteiger charge is 2.21. The van der Waals surface area contributed by atoms with E-state index in [2.05, 4.69) is 24.5 Å². The van der Waals surface area contributed by atoms with Crippen LogP contribution in [0, 0.1) is 11.7 Å². The molecule has 2 N–H and O–H groups in total. The van der Waals surface area contributed by atoms with Gasteiger partial charge in [0.2, 0.25) is 0 Å². The molecule has 0 radical (unpaired) electrons. The first-order valence-corrected chi connectivity index (χ1v) is 9.09. The van der Waals surface area contributed by atoms with Gasteiger partial charge in [-0.1, -0.05) is 39.0 Å². The van der Waals surface area contributed by atoms with Crippen molar-refractivity contribution in [3.8, 4) is 0 Å². The summed E-state index contributed by atoms with van der Waals surface area (Å²) in [7, 11) is 0. The zero-order valence-corrected chi connectivity index (χ0v) is 16.4. The van der Waals surface area contributed by atoms with Crippen molar-refractivity contribution in [1.29, 1.82) is 0 Å². The molecule has 2 atom stereocenters. The van der Waals surface area contributed by atoms with Crippen LogP contribution in [0.2, 0.25) is 0 Å². The van der Waals surface area contributed by atoms with E-state index in [1.807, 2.05) is 39.8 Å². The van der Waals surface area contributed by atoms with E-state index in [9.17, 15) is 9.18 Å². The smallest absolute Gasteiger partial charge is 0.407 e. The van der Waals surface area contributed by atoms with Crippen LogP contribution in [0.4, 0.5) is 9.18 Å². The summed E-state index contributed by atoms with van der Waals surface area (Å²) in [6.45, 7) is 12.2. The Balaban J connectivity index is 2.74. The Bertz CT molecular complexity index is 541. The van der Waals surface area contributed by atoms with Crippen molar-refractivity contribution >= 4 is 6.09 Å². The van der Waals surface area contributed by atoms with E-state index in [1.54, 1.807) is 6.07 Å². The topological polar surface area (TPSA) is 50.4 Å². The summed E-state index contributed by atoms with van der Waals surface area (Å²) < 4.78 is 19.4. The Morgan fingerprint density at radius 1 is 1.24 bits per heavy atom. The van der Waals surface area contributed by atoms with Gasteiger partial charge in [-0.3, -0.25) is 0 Å². The number of ether oxygens (including phenoxy) is 1. The maximum atomic E-state index is 14.1. The van der Waals surface area contributed by atoms with Crippen molar-refractivity contribution in [3.63, 3.8) is 0 Å². The minimum atomic E-state index is -0.524. The first-order valence-electron chi connectivity index (χ1n) is 9.09. The van der Waals surface area contributed by atoms with Gasteiger partial charge in [0, 0.05) is 24.2 Å². The lowest BCUT2D eigenvalue weighted by molar-refractivity contribution is 0.0519. The Labute approximate surface area is 151 Å². The molecular formula is C20H33FN2O2. The fourth-order valence-corrected chi connectivity index (χ4v) is 2.77. The van der Waals surface area contributed by atoms with Gasteiger partial charge in [-0.15, -0.1) is 0 Å². The summed E-state index contributed by atoms with van der Waals surface area (Å²) >= 11 is 0. The molecule has 0 saturated heterocycles. The van der Waals surface area contributed by atoms with Crippen LogP contribution < -0.4 is 10.6 Å². The molecule has 1 rings (SSSR count). The molecule has 142 valence electrons. The van der Waals surface area contributed by atoms with Crippen LogP contribution in [-0.4, -0.2) is 24.3 Å². The molecule has 0 aliphatic rings. The quantitative estimate of drug-likeness (QED) is 0.706. The van der Waals surface area contributed by atoms with Gasteiger partial charge in [-0.05, 0) is 45.6 Å². The summed E-state index contributed by atoms with van der Waals surface area (Å²) in [4.78, 5) is 11.9. The highest BCUT2D eigenvalue weighted by molar-refractivity contribution is 5.67. The van der Waals surface area contributed by atoms with E-state index >= 15 is 0 Å². The lowest BCUT2D eigenvalue weighted by atomic mass is 9.99. The van der Waals surface area contributed by atoms with Crippen molar-refractivity contribution in [2.75, 3.05) is 6.54 Å². The largest absolute Gasteiger partial charge is 0.444 e. The predicted molar refractivity (Wildman–Crippen MR) is 100 cm³/mol. The lowest BCUT2D eigenvalue weighted by Gasteiger charge is -2.28. The molecule has 1 aromatic rings. The molecule has 0 bridgehead atoms. The molecule has 1 aromatic carbocycles. The fraction of sp³-hybridized carbons (Fsp3) is 0.650. The number of carbonyl (C=O) groups excluding carboxylic acids is 1. The Kier molecular flexibility index (Phi) is 8.36. The maximum absolute atomic E-state index is 14.1. The molecule has 0 aliphatic carbocycles. The van der Waals surface area contributed by atoms with E-state index in [4.69, 9.17) is 4.74 Å². The van der Waals surface area contributed by atoms with Gasteiger partial charge in [-0.25, -0.2) is 9.18 Å². The number of halogens is 1. The average molecular weight is 352 g/mol. The highest BCUT2D eigenvalue weighted by atomic mass is 19.1. The van der Waals surface area contributed by atoms with Crippen LogP contribution in [0.1, 0.15) is 66.0 Å². The van der Waals surface area contributed by atoms with E-state index in [0.29, 0.717) is 18.0 Å². The average Bonchev–Trinajstić information content (AvgIpc) is 2.48. The molecule has 0 fully saturated rings. The normalized spacial score (nSPS) is 14.2. The van der Waals surface area contributed by atoms with Gasteiger partial charge in [0.05, 0.1) is 0 Å². The Hall–Kier alpha value is -1.62. The minimum Gasteiger partial charge on any atom is -0.444 e. The molecule has 0 heterocycles. The zero-order chi connectivity index (χ0) is 19.0. The van der Waals surface area contributed by atoms with Crippen LogP contribution >= 0.6 is 0 Å². The number of amides is 1. The molecule has 5 heteroatoms. The van der Waals surface area contributed by atoms with Crippen LogP contribution in [0.3, 0.4) is 0 Å². The van der Waals surface area contributed by atoms with Gasteiger partial charge < -0.3 is 15.4 Å². The molecule has 0 aliphatic heterocycles. The predicted octanol–water partition coefficient (Wildman–Crippen LogP) is 4.81. The third-order valence-corrected chi connectivity index (χ3v) is 3.77. The van der Waals surface area contributed by atoms with Crippen molar-refractivity contribution in [2.24, 2.45) is 5.92 Å². The standard InChI is InChI=1S/C20H33FN2O2/c1-7-18(16-10-8-9-11-17(16)21)23-15(12-14(2)3)13-22-19(24)25-20(4,5)6/h8-11,14-15,18,23H,7,12-13H2,1-6H3,(H,22,24). The lowest BCUT2D eigenvalue weighted by Crippen LogP contribution is -2.44. The molecule has 1 amide bonds. The second kappa shape index (κ2) is 9.76. The Morgan fingerprint density at radius 2 is 1.88 bits per heavy atom. The first-order chi connectivity index (χ1) is 11.6. The Morgan fingerprint density at radius 3 is 2.40 bits per heavy atom. The van der Waals surface area contributed by atoms with E-state index < -0.39 is 11.7 Å². The summed E-state index contributed by atoms with van der Waals surface area (Å²) in [5.74, 6) is 0.251. The minimum absolute atomic E-state index is 0.0390. The summed E-state index contributed by atoms with van der Waals surface area (Å²) in [5.41, 5.74) is 0.139. The van der Waals surface area contributed by atoms with Gasteiger partial charge in [0.1, 0.15) is 11.4 Å². The van der Waals surface area contributed by atoms with Crippen molar-refractivity contribution in [3.05, 3.63) is 35.6 Å². The van der Waals surface area contributed by atoms with Crippen LogP contribution in [0.25, 0.3) is 0 Å². The maximum Gasteiger partial charge on any atom is 0.407 e. The third kappa shape index (κ3) is 8.34. The second-order valence-electron chi connectivity index (χ2n) is 7.86. The third-order valence-electron chi connectivity index (χ3n) is 3.77. The number of nitrogens with one attached hydrogen (secondary N) is 2. The summed E-state index contributed by atoms with van der Waals surface area (Å²) in [5, 5.41) is 6.32. The van der Waals surface area contributed by atoms with Crippen LogP contribution in [0.15, 0.2) is 24.3 Å². The number of hydrogen-bond donors (Lipinski definition) is 2. The fourth-order valence-electron chi connectivity index (χ4n) is 2.77. The van der Waals surface area contributed by atoms with Crippen LogP contribution in [-0.2, 0) is 4.74 Å². The monoisotopic (exact) mass is 352 g/mol. The van der Waals surface area contributed by atoms with Crippen LogP contribution in [0.5, 0.6) is 0 Å². The van der Waals surface area contributed by atoms with Gasteiger partial charge in [0.25, 0.3) is 0 Å². The number of benzene rings is 1. The van der Waals surface area contributed by atoms with E-state index in [-0.39, 0.29) is 17.9 Å². The van der Waals surface area contributed by atoms with Crippen molar-refractivity contribution in [1.82, 2.24) is 10.6 Å². The molecule has 0 saturated carbocycles. The number of hydrogen-bond acceptors (Lipinski definition) is 3. The van der Waals surface area contributed by atoms with Gasteiger partial charge in [0.15, 0.2) is 0 Å². The SMILES string of the molecule is CCC(NC(CNC(=O)OC(C)(C)C)CC(C)C)c1ccccc1F. The van der Waals surface area contributed by atoms with E-state index in [1.165, 1.54) is 6.07 Å². The number of rotatable bonds is 8. The number of carbonyl (C=O) groups is 1. The molecule has 2 unspecified atom stereocenters. The summed E-state index contributed by atoms with van der Waals surface area (Å²) in [6.07, 6.45) is 1.21. The molecule has 0 spiro atoms. The van der Waals surface area contributed by atoms with Gasteiger partial charge >= 0.3 is 6.09 Å². The van der Waals surface area contributed by atoms with Crippen molar-refractivity contribution in [2.45, 2.75) is 72.1 Å². The second-order valence-corrected chi connectivity index (χ2v) is 7.86. The van der Waals surface area contributed by atoms with E-state index in [0.717, 1.165) is 12.8 Å². The molecule has 25 heavy (non-hydrogen) atoms. The summed E-state index contributed by atoms with van der Waals surface area (Å²) in [6, 6.07) is 6.78. The first kappa shape index (κ1) is 21.4. The molecule has 0 aromatic heterocycles.